The van der Waals surface area contributed by atoms with Crippen molar-refractivity contribution in [3.63, 3.8) is 0 Å². The minimum atomic E-state index is -0.343. The number of hydrogen-bond acceptors (Lipinski definition) is 8. The lowest BCUT2D eigenvalue weighted by Gasteiger charge is -2.27. The number of fused-ring (bicyclic) bond motifs is 1. The molecule has 36 heavy (non-hydrogen) atoms. The van der Waals surface area contributed by atoms with Crippen LogP contribution in [0.15, 0.2) is 59.1 Å². The van der Waals surface area contributed by atoms with Crippen molar-refractivity contribution < 1.29 is 23.6 Å². The largest absolute Gasteiger partial charge is 0.497 e. The summed E-state index contributed by atoms with van der Waals surface area (Å²) in [6.07, 6.45) is 1.08. The Hall–Kier alpha value is -4.47. The van der Waals surface area contributed by atoms with Gasteiger partial charge < -0.3 is 14.0 Å². The number of rotatable bonds is 7. The maximum Gasteiger partial charge on any atom is 0.291 e. The van der Waals surface area contributed by atoms with E-state index in [0.717, 1.165) is 16.7 Å². The summed E-state index contributed by atoms with van der Waals surface area (Å²) in [6, 6.07) is 16.4. The second-order valence-corrected chi connectivity index (χ2v) is 8.27. The number of methoxy groups -OCH3 is 2. The van der Waals surface area contributed by atoms with Gasteiger partial charge in [0.15, 0.2) is 0 Å². The zero-order valence-electron chi connectivity index (χ0n) is 20.0. The molecule has 5 rings (SSSR count). The van der Waals surface area contributed by atoms with Gasteiger partial charge in [-0.25, -0.2) is 9.99 Å². The molecule has 1 fully saturated rings. The molecule has 2 aromatic heterocycles. The van der Waals surface area contributed by atoms with Gasteiger partial charge in [0.05, 0.1) is 19.7 Å². The summed E-state index contributed by atoms with van der Waals surface area (Å²) in [7, 11) is 3.15. The second-order valence-electron chi connectivity index (χ2n) is 8.27. The number of ether oxygens (including phenoxy) is 2. The van der Waals surface area contributed by atoms with Gasteiger partial charge in [0.25, 0.3) is 5.91 Å². The normalized spacial score (nSPS) is 13.3. The Labute approximate surface area is 207 Å². The van der Waals surface area contributed by atoms with Crippen molar-refractivity contribution in [1.29, 1.82) is 0 Å². The number of pyridine rings is 1. The molecule has 0 radical (unpaired) electrons. The summed E-state index contributed by atoms with van der Waals surface area (Å²) < 4.78 is 16.0. The Morgan fingerprint density at radius 2 is 1.75 bits per heavy atom. The number of hydrazine groups is 1. The molecule has 1 aliphatic rings. The molecule has 4 aromatic rings. The number of carbonyl (C=O) groups is 2. The molecule has 0 bridgehead atoms. The summed E-state index contributed by atoms with van der Waals surface area (Å²) in [5.74, 6) is 1.55. The number of benzene rings is 2. The molecule has 0 aliphatic carbocycles. The van der Waals surface area contributed by atoms with Gasteiger partial charge in [0, 0.05) is 42.9 Å². The van der Waals surface area contributed by atoms with Crippen molar-refractivity contribution >= 4 is 22.7 Å². The molecule has 0 unspecified atom stereocenters. The molecule has 2 amide bonds. The highest BCUT2D eigenvalue weighted by molar-refractivity contribution is 5.98. The minimum absolute atomic E-state index is 0.127. The Bertz CT molecular complexity index is 1400. The third-order valence-electron chi connectivity index (χ3n) is 6.04. The third-order valence-corrected chi connectivity index (χ3v) is 6.04. The van der Waals surface area contributed by atoms with Crippen LogP contribution in [0.4, 0.5) is 0 Å². The number of carbonyl (C=O) groups excluding carboxylic acids is 2. The number of amides is 2. The van der Waals surface area contributed by atoms with Gasteiger partial charge in [-0.1, -0.05) is 17.3 Å². The van der Waals surface area contributed by atoms with Crippen LogP contribution < -0.4 is 9.47 Å². The molecule has 184 valence electrons. The van der Waals surface area contributed by atoms with E-state index in [1.54, 1.807) is 20.3 Å². The van der Waals surface area contributed by atoms with Crippen molar-refractivity contribution in [1.82, 2.24) is 25.1 Å². The maximum atomic E-state index is 13.3. The number of para-hydroxylation sites is 1. The van der Waals surface area contributed by atoms with Crippen LogP contribution in [-0.4, -0.2) is 64.3 Å². The molecule has 3 heterocycles. The van der Waals surface area contributed by atoms with Crippen LogP contribution in [0.25, 0.3) is 22.3 Å². The summed E-state index contributed by atoms with van der Waals surface area (Å²) >= 11 is 0. The SMILES string of the molecule is COc1ccc(-c2noc(CCC(=O)N3CCCN3C(=O)c3cc(OC)c4ccccc4n3)n2)cc1. The highest BCUT2D eigenvalue weighted by Gasteiger charge is 2.32. The van der Waals surface area contributed by atoms with E-state index in [9.17, 15) is 9.59 Å². The molecule has 0 N–H and O–H groups in total. The first-order chi connectivity index (χ1) is 17.6. The fourth-order valence-electron chi connectivity index (χ4n) is 4.19. The zero-order chi connectivity index (χ0) is 25.1. The average Bonchev–Trinajstić information content (AvgIpc) is 3.61. The quantitative estimate of drug-likeness (QED) is 0.389. The van der Waals surface area contributed by atoms with E-state index in [4.69, 9.17) is 14.0 Å². The topological polar surface area (TPSA) is 111 Å². The molecular weight excluding hydrogens is 462 g/mol. The van der Waals surface area contributed by atoms with Crippen LogP contribution in [0.5, 0.6) is 11.5 Å². The fourth-order valence-corrected chi connectivity index (χ4v) is 4.19. The molecule has 1 saturated heterocycles. The fraction of sp³-hybridized carbons (Fsp3) is 0.269. The molecular formula is C26H25N5O5. The Kier molecular flexibility index (Phi) is 6.48. The van der Waals surface area contributed by atoms with Gasteiger partial charge in [-0.05, 0) is 42.8 Å². The minimum Gasteiger partial charge on any atom is -0.497 e. The van der Waals surface area contributed by atoms with Gasteiger partial charge in [-0.2, -0.15) is 4.98 Å². The van der Waals surface area contributed by atoms with Crippen molar-refractivity contribution in [3.05, 3.63) is 66.2 Å². The number of hydrogen-bond donors (Lipinski definition) is 0. The molecule has 0 saturated carbocycles. The van der Waals surface area contributed by atoms with Gasteiger partial charge in [-0.3, -0.25) is 14.6 Å². The Morgan fingerprint density at radius 1 is 0.972 bits per heavy atom. The summed E-state index contributed by atoms with van der Waals surface area (Å²) in [5, 5.41) is 7.76. The van der Waals surface area contributed by atoms with Crippen LogP contribution in [0.1, 0.15) is 29.2 Å². The standard InChI is InChI=1S/C26H25N5O5/c1-34-18-10-8-17(9-11-18)25-28-23(36-29-25)12-13-24(32)30-14-5-15-31(30)26(33)21-16-22(35-2)19-6-3-4-7-20(19)27-21/h3-4,6-11,16H,5,12-15H2,1-2H3. The molecule has 0 spiro atoms. The van der Waals surface area contributed by atoms with Crippen LogP contribution in [-0.2, 0) is 11.2 Å². The van der Waals surface area contributed by atoms with E-state index in [-0.39, 0.29) is 30.3 Å². The predicted octanol–water partition coefficient (Wildman–Crippen LogP) is 3.52. The first-order valence-corrected chi connectivity index (χ1v) is 11.6. The molecule has 1 aliphatic heterocycles. The summed E-state index contributed by atoms with van der Waals surface area (Å²) in [4.78, 5) is 35.2. The van der Waals surface area contributed by atoms with Gasteiger partial charge >= 0.3 is 0 Å². The van der Waals surface area contributed by atoms with E-state index in [2.05, 4.69) is 15.1 Å². The van der Waals surface area contributed by atoms with Crippen LogP contribution in [0.2, 0.25) is 0 Å². The third kappa shape index (κ3) is 4.57. The van der Waals surface area contributed by atoms with Gasteiger partial charge in [-0.15, -0.1) is 0 Å². The number of nitrogens with zero attached hydrogens (tertiary/aromatic N) is 5. The lowest BCUT2D eigenvalue weighted by molar-refractivity contribution is -0.140. The van der Waals surface area contributed by atoms with Crippen molar-refractivity contribution in [3.8, 4) is 22.9 Å². The number of aryl methyl sites for hydroxylation is 1. The average molecular weight is 488 g/mol. The van der Waals surface area contributed by atoms with Gasteiger partial charge in [0.1, 0.15) is 17.2 Å². The Balaban J connectivity index is 1.26. The first kappa shape index (κ1) is 23.3. The zero-order valence-corrected chi connectivity index (χ0v) is 20.0. The van der Waals surface area contributed by atoms with Crippen LogP contribution >= 0.6 is 0 Å². The lowest BCUT2D eigenvalue weighted by atomic mass is 10.1. The molecule has 10 heteroatoms. The van der Waals surface area contributed by atoms with Crippen LogP contribution in [0, 0.1) is 0 Å². The van der Waals surface area contributed by atoms with E-state index in [1.807, 2.05) is 48.5 Å². The maximum absolute atomic E-state index is 13.3. The lowest BCUT2D eigenvalue weighted by Crippen LogP contribution is -2.45. The van der Waals surface area contributed by atoms with E-state index in [0.29, 0.717) is 42.5 Å². The highest BCUT2D eigenvalue weighted by atomic mass is 16.5. The predicted molar refractivity (Wildman–Crippen MR) is 130 cm³/mol. The van der Waals surface area contributed by atoms with Crippen molar-refractivity contribution in [2.75, 3.05) is 27.3 Å². The number of aromatic nitrogens is 3. The smallest absolute Gasteiger partial charge is 0.291 e. The Morgan fingerprint density at radius 3 is 2.53 bits per heavy atom. The highest BCUT2D eigenvalue weighted by Crippen LogP contribution is 2.27. The van der Waals surface area contributed by atoms with E-state index >= 15 is 0 Å². The van der Waals surface area contributed by atoms with Crippen molar-refractivity contribution in [2.24, 2.45) is 0 Å². The van der Waals surface area contributed by atoms with E-state index < -0.39 is 0 Å². The molecule has 2 aromatic carbocycles. The summed E-state index contributed by atoms with van der Waals surface area (Å²) in [5.41, 5.74) is 1.67. The molecule has 10 nitrogen and oxygen atoms in total. The second kappa shape index (κ2) is 10.0. The van der Waals surface area contributed by atoms with Crippen molar-refractivity contribution in [2.45, 2.75) is 19.3 Å². The first-order valence-electron chi connectivity index (χ1n) is 11.6. The van der Waals surface area contributed by atoms with E-state index in [1.165, 1.54) is 10.0 Å². The summed E-state index contributed by atoms with van der Waals surface area (Å²) in [6.45, 7) is 0.889. The molecule has 0 atom stereocenters. The monoisotopic (exact) mass is 487 g/mol. The van der Waals surface area contributed by atoms with Gasteiger partial charge in [0.2, 0.25) is 17.6 Å². The van der Waals surface area contributed by atoms with Crippen LogP contribution in [0.3, 0.4) is 0 Å².